The van der Waals surface area contributed by atoms with E-state index >= 15 is 0 Å². The molecule has 4 aromatic rings. The maximum absolute atomic E-state index is 6.06. The number of hydrogen-bond donors (Lipinski definition) is 2. The van der Waals surface area contributed by atoms with E-state index in [1.54, 1.807) is 0 Å². The molecule has 3 N–H and O–H groups in total. The molecule has 0 saturated carbocycles. The maximum Gasteiger partial charge on any atom is 0.181 e. The second kappa shape index (κ2) is 7.82. The number of anilines is 2. The zero-order valence-corrected chi connectivity index (χ0v) is 16.7. The third kappa shape index (κ3) is 3.89. The predicted molar refractivity (Wildman–Crippen MR) is 118 cm³/mol. The molecule has 140 valence electrons. The average Bonchev–Trinajstić information content (AvgIpc) is 3.11. The molecule has 0 aliphatic heterocycles. The van der Waals surface area contributed by atoms with Crippen molar-refractivity contribution in [2.45, 2.75) is 19.9 Å². The van der Waals surface area contributed by atoms with Crippen LogP contribution in [0.5, 0.6) is 0 Å². The van der Waals surface area contributed by atoms with Crippen molar-refractivity contribution in [3.05, 3.63) is 84.1 Å². The number of nitrogens with zero attached hydrogens (tertiary/aromatic N) is 2. The first-order valence-electron chi connectivity index (χ1n) is 9.21. The first kappa shape index (κ1) is 18.2. The van der Waals surface area contributed by atoms with Crippen LogP contribution in [0, 0.1) is 6.92 Å². The summed E-state index contributed by atoms with van der Waals surface area (Å²) in [5, 5.41) is 4.05. The number of rotatable bonds is 5. The quantitative estimate of drug-likeness (QED) is 0.446. The van der Waals surface area contributed by atoms with Crippen LogP contribution < -0.4 is 11.1 Å². The van der Waals surface area contributed by atoms with Crippen LogP contribution in [0.3, 0.4) is 0 Å². The van der Waals surface area contributed by atoms with Gasteiger partial charge in [0.2, 0.25) is 0 Å². The number of aryl methyl sites for hydroxylation is 1. The summed E-state index contributed by atoms with van der Waals surface area (Å²) < 4.78 is 0. The molecule has 0 radical (unpaired) electrons. The van der Waals surface area contributed by atoms with Crippen LogP contribution in [0.1, 0.15) is 24.1 Å². The minimum absolute atomic E-state index is 0.159. The summed E-state index contributed by atoms with van der Waals surface area (Å²) in [4.78, 5) is 10.1. The highest BCUT2D eigenvalue weighted by Gasteiger charge is 2.15. The van der Waals surface area contributed by atoms with E-state index in [9.17, 15) is 0 Å². The van der Waals surface area contributed by atoms with Crippen molar-refractivity contribution in [3.8, 4) is 21.7 Å². The van der Waals surface area contributed by atoms with E-state index in [1.807, 2.05) is 36.5 Å². The number of thiazole rings is 1. The molecule has 2 aromatic carbocycles. The fraction of sp³-hybridized carbons (Fsp3) is 0.130. The molecule has 5 heteroatoms. The minimum Gasteiger partial charge on any atom is -0.375 e. The fourth-order valence-corrected chi connectivity index (χ4v) is 4.07. The van der Waals surface area contributed by atoms with E-state index in [0.717, 1.165) is 27.5 Å². The number of aromatic nitrogens is 2. The summed E-state index contributed by atoms with van der Waals surface area (Å²) >= 11 is 1.50. The Morgan fingerprint density at radius 2 is 1.79 bits per heavy atom. The van der Waals surface area contributed by atoms with Gasteiger partial charge < -0.3 is 11.1 Å². The third-order valence-corrected chi connectivity index (χ3v) is 5.55. The van der Waals surface area contributed by atoms with Crippen molar-refractivity contribution < 1.29 is 0 Å². The molecule has 0 aliphatic carbocycles. The molecule has 4 rings (SSSR count). The lowest BCUT2D eigenvalue weighted by molar-refractivity contribution is 0.875. The number of hydrogen-bond acceptors (Lipinski definition) is 5. The van der Waals surface area contributed by atoms with E-state index in [2.05, 4.69) is 65.5 Å². The van der Waals surface area contributed by atoms with Gasteiger partial charge >= 0.3 is 0 Å². The van der Waals surface area contributed by atoms with Crippen LogP contribution in [0.2, 0.25) is 0 Å². The summed E-state index contributed by atoms with van der Waals surface area (Å²) in [6.07, 6.45) is 1.82. The summed E-state index contributed by atoms with van der Waals surface area (Å²) in [6.45, 7) is 4.21. The molecule has 0 fully saturated rings. The van der Waals surface area contributed by atoms with Crippen molar-refractivity contribution in [1.82, 2.24) is 9.97 Å². The van der Waals surface area contributed by atoms with Gasteiger partial charge in [0, 0.05) is 17.8 Å². The molecular formula is C23H22N4S. The summed E-state index contributed by atoms with van der Waals surface area (Å²) in [5.74, 6) is 0.830. The van der Waals surface area contributed by atoms with Crippen molar-refractivity contribution in [1.29, 1.82) is 0 Å². The van der Waals surface area contributed by atoms with Gasteiger partial charge in [0.1, 0.15) is 5.82 Å². The largest absolute Gasteiger partial charge is 0.375 e. The second-order valence-electron chi connectivity index (χ2n) is 6.81. The SMILES string of the molecule is Cc1cccc(-c2nc(N)sc2-c2ccnc(N[C@H](C)c3ccccc3)c2)c1. The molecular weight excluding hydrogens is 364 g/mol. The molecule has 0 amide bonds. The van der Waals surface area contributed by atoms with Crippen molar-refractivity contribution in [3.63, 3.8) is 0 Å². The van der Waals surface area contributed by atoms with Crippen LogP contribution in [-0.2, 0) is 0 Å². The molecule has 0 aliphatic rings. The van der Waals surface area contributed by atoms with Crippen molar-refractivity contribution in [2.24, 2.45) is 0 Å². The van der Waals surface area contributed by atoms with Gasteiger partial charge in [0.05, 0.1) is 10.6 Å². The number of nitrogen functional groups attached to an aromatic ring is 1. The first-order valence-corrected chi connectivity index (χ1v) is 10.0. The molecule has 1 atom stereocenters. The standard InChI is InChI=1S/C23H22N4S/c1-15-7-6-10-18(13-15)21-22(28-23(24)27-21)19-11-12-25-20(14-19)26-16(2)17-8-4-3-5-9-17/h3-14,16H,1-2H3,(H2,24,27)(H,25,26)/t16-/m1/s1. The molecule has 4 nitrogen and oxygen atoms in total. The summed E-state index contributed by atoms with van der Waals surface area (Å²) in [7, 11) is 0. The average molecular weight is 387 g/mol. The lowest BCUT2D eigenvalue weighted by Crippen LogP contribution is -2.07. The zero-order valence-electron chi connectivity index (χ0n) is 15.9. The second-order valence-corrected chi connectivity index (χ2v) is 7.84. The Hall–Kier alpha value is -3.18. The van der Waals surface area contributed by atoms with Gasteiger partial charge in [-0.1, -0.05) is 65.4 Å². The van der Waals surface area contributed by atoms with E-state index in [-0.39, 0.29) is 6.04 Å². The third-order valence-electron chi connectivity index (χ3n) is 4.62. The predicted octanol–water partition coefficient (Wildman–Crippen LogP) is 5.94. The summed E-state index contributed by atoms with van der Waals surface area (Å²) in [5.41, 5.74) is 11.5. The Labute approximate surface area is 169 Å². The number of nitrogens with one attached hydrogen (secondary N) is 1. The monoisotopic (exact) mass is 386 g/mol. The number of benzene rings is 2. The van der Waals surface area contributed by atoms with Gasteiger partial charge in [-0.3, -0.25) is 0 Å². The number of pyridine rings is 1. The fourth-order valence-electron chi connectivity index (χ4n) is 3.22. The van der Waals surface area contributed by atoms with Gasteiger partial charge in [-0.15, -0.1) is 0 Å². The smallest absolute Gasteiger partial charge is 0.181 e. The topological polar surface area (TPSA) is 63.8 Å². The molecule has 0 unspecified atom stereocenters. The van der Waals surface area contributed by atoms with Crippen LogP contribution >= 0.6 is 11.3 Å². The van der Waals surface area contributed by atoms with E-state index in [4.69, 9.17) is 5.73 Å². The van der Waals surface area contributed by atoms with Gasteiger partial charge in [0.25, 0.3) is 0 Å². The van der Waals surface area contributed by atoms with Gasteiger partial charge in [0.15, 0.2) is 5.13 Å². The van der Waals surface area contributed by atoms with Crippen LogP contribution in [0.25, 0.3) is 21.7 Å². The Balaban J connectivity index is 1.67. The van der Waals surface area contributed by atoms with Crippen LogP contribution in [-0.4, -0.2) is 9.97 Å². The highest BCUT2D eigenvalue weighted by molar-refractivity contribution is 7.19. The Morgan fingerprint density at radius 3 is 2.57 bits per heavy atom. The lowest BCUT2D eigenvalue weighted by Gasteiger charge is -2.15. The number of nitrogens with two attached hydrogens (primary N) is 1. The maximum atomic E-state index is 6.06. The lowest BCUT2D eigenvalue weighted by atomic mass is 10.1. The van der Waals surface area contributed by atoms with Crippen molar-refractivity contribution in [2.75, 3.05) is 11.1 Å². The Kier molecular flexibility index (Phi) is 5.08. The zero-order chi connectivity index (χ0) is 19.5. The molecule has 28 heavy (non-hydrogen) atoms. The molecule has 0 spiro atoms. The summed E-state index contributed by atoms with van der Waals surface area (Å²) in [6, 6.07) is 22.9. The Morgan fingerprint density at radius 1 is 0.964 bits per heavy atom. The van der Waals surface area contributed by atoms with Crippen molar-refractivity contribution >= 4 is 22.3 Å². The van der Waals surface area contributed by atoms with Crippen LogP contribution in [0.4, 0.5) is 10.9 Å². The molecule has 0 saturated heterocycles. The highest BCUT2D eigenvalue weighted by atomic mass is 32.1. The normalized spacial score (nSPS) is 11.9. The Bertz CT molecular complexity index is 1090. The van der Waals surface area contributed by atoms with E-state index in [0.29, 0.717) is 5.13 Å². The molecule has 0 bridgehead atoms. The molecule has 2 heterocycles. The van der Waals surface area contributed by atoms with Gasteiger partial charge in [-0.25, -0.2) is 9.97 Å². The van der Waals surface area contributed by atoms with Gasteiger partial charge in [-0.05, 0) is 43.2 Å². The van der Waals surface area contributed by atoms with Gasteiger partial charge in [-0.2, -0.15) is 0 Å². The van der Waals surface area contributed by atoms with E-state index in [1.165, 1.54) is 22.5 Å². The minimum atomic E-state index is 0.159. The van der Waals surface area contributed by atoms with E-state index < -0.39 is 0 Å². The first-order chi connectivity index (χ1) is 13.6. The van der Waals surface area contributed by atoms with Crippen LogP contribution in [0.15, 0.2) is 72.9 Å². The highest BCUT2D eigenvalue weighted by Crippen LogP contribution is 2.38. The molecule has 2 aromatic heterocycles.